The third kappa shape index (κ3) is 2.33. The number of rotatable bonds is 2. The van der Waals surface area contributed by atoms with Gasteiger partial charge in [-0.05, 0) is 5.56 Å². The second kappa shape index (κ2) is 4.64. The Morgan fingerprint density at radius 1 is 1.17 bits per heavy atom. The van der Waals surface area contributed by atoms with Gasteiger partial charge in [0.15, 0.2) is 0 Å². The minimum atomic E-state index is -0.195. The van der Waals surface area contributed by atoms with E-state index in [0.29, 0.717) is 0 Å². The van der Waals surface area contributed by atoms with E-state index in [1.807, 2.05) is 30.3 Å². The third-order valence-electron chi connectivity index (χ3n) is 1.48. The molecule has 12 heavy (non-hydrogen) atoms. The zero-order valence-electron chi connectivity index (χ0n) is 6.24. The van der Waals surface area contributed by atoms with E-state index in [1.165, 1.54) is 0 Å². The predicted molar refractivity (Wildman–Crippen MR) is 57.4 cm³/mol. The van der Waals surface area contributed by atoms with Crippen molar-refractivity contribution in [2.24, 2.45) is 0 Å². The summed E-state index contributed by atoms with van der Waals surface area (Å²) in [6.45, 7) is 6.84. The molecule has 0 aromatic heterocycles. The van der Waals surface area contributed by atoms with Gasteiger partial charge in [-0.3, -0.25) is 4.85 Å². The third-order valence-corrected chi connectivity index (χ3v) is 3.96. The van der Waals surface area contributed by atoms with Crippen LogP contribution < -0.4 is 0 Å². The first-order valence-corrected chi connectivity index (χ1v) is 5.28. The van der Waals surface area contributed by atoms with Crippen molar-refractivity contribution < 1.29 is 0 Å². The summed E-state index contributed by atoms with van der Waals surface area (Å²) < 4.78 is 0. The van der Waals surface area contributed by atoms with Crippen LogP contribution >= 0.6 is 31.9 Å². The molecule has 0 N–H and O–H groups in total. The average molecular weight is 289 g/mol. The Morgan fingerprint density at radius 3 is 2.25 bits per heavy atom. The molecule has 0 aliphatic heterocycles. The minimum Gasteiger partial charge on any atom is -0.300 e. The molecule has 1 aromatic rings. The van der Waals surface area contributed by atoms with E-state index in [-0.39, 0.29) is 9.78 Å². The number of nitrogens with zero attached hydrogens (tertiary/aromatic N) is 1. The lowest BCUT2D eigenvalue weighted by molar-refractivity contribution is 1.02. The molecule has 3 heteroatoms. The molecule has 0 heterocycles. The van der Waals surface area contributed by atoms with E-state index >= 15 is 0 Å². The zero-order chi connectivity index (χ0) is 8.97. The number of hydrogen-bond donors (Lipinski definition) is 0. The first-order chi connectivity index (χ1) is 5.75. The highest BCUT2D eigenvalue weighted by Crippen LogP contribution is 2.31. The van der Waals surface area contributed by atoms with Crippen LogP contribution in [0.25, 0.3) is 4.85 Å². The SMILES string of the molecule is [C-]#[N+]C(Br)C(Br)c1ccccc1. The van der Waals surface area contributed by atoms with E-state index in [0.717, 1.165) is 5.56 Å². The molecule has 62 valence electrons. The fraction of sp³-hybridized carbons (Fsp3) is 0.222. The van der Waals surface area contributed by atoms with Gasteiger partial charge in [-0.2, -0.15) is 0 Å². The van der Waals surface area contributed by atoms with E-state index < -0.39 is 0 Å². The van der Waals surface area contributed by atoms with Crippen LogP contribution in [-0.4, -0.2) is 4.95 Å². The smallest absolute Gasteiger partial charge is 0.292 e. The Hall–Kier alpha value is -0.330. The first-order valence-electron chi connectivity index (χ1n) is 3.45. The van der Waals surface area contributed by atoms with Crippen molar-refractivity contribution in [1.82, 2.24) is 0 Å². The topological polar surface area (TPSA) is 4.36 Å². The van der Waals surface area contributed by atoms with Crippen molar-refractivity contribution in [3.63, 3.8) is 0 Å². The quantitative estimate of drug-likeness (QED) is 0.443. The fourth-order valence-corrected chi connectivity index (χ4v) is 1.59. The summed E-state index contributed by atoms with van der Waals surface area (Å²) in [4.78, 5) is 3.26. The highest BCUT2D eigenvalue weighted by molar-refractivity contribution is 9.12. The summed E-state index contributed by atoms with van der Waals surface area (Å²) in [6, 6.07) is 9.89. The summed E-state index contributed by atoms with van der Waals surface area (Å²) in [7, 11) is 0. The molecular weight excluding hydrogens is 282 g/mol. The number of alkyl halides is 2. The van der Waals surface area contributed by atoms with Crippen LogP contribution in [0.1, 0.15) is 10.4 Å². The van der Waals surface area contributed by atoms with E-state index in [2.05, 4.69) is 36.7 Å². The molecule has 0 aliphatic rings. The molecule has 2 unspecified atom stereocenters. The van der Waals surface area contributed by atoms with Crippen LogP contribution in [-0.2, 0) is 0 Å². The molecule has 0 amide bonds. The predicted octanol–water partition coefficient (Wildman–Crippen LogP) is 3.76. The lowest BCUT2D eigenvalue weighted by atomic mass is 10.1. The van der Waals surface area contributed by atoms with Crippen molar-refractivity contribution in [2.75, 3.05) is 0 Å². The van der Waals surface area contributed by atoms with Crippen LogP contribution in [0.5, 0.6) is 0 Å². The summed E-state index contributed by atoms with van der Waals surface area (Å²) >= 11 is 6.73. The Balaban J connectivity index is 2.80. The van der Waals surface area contributed by atoms with Crippen LogP contribution in [0.2, 0.25) is 0 Å². The number of hydrogen-bond acceptors (Lipinski definition) is 0. The van der Waals surface area contributed by atoms with Crippen molar-refractivity contribution in [3.8, 4) is 0 Å². The van der Waals surface area contributed by atoms with Gasteiger partial charge in [0.25, 0.3) is 4.95 Å². The molecule has 0 radical (unpaired) electrons. The van der Waals surface area contributed by atoms with Crippen LogP contribution in [0.4, 0.5) is 0 Å². The first kappa shape index (κ1) is 9.76. The molecule has 0 saturated carbocycles. The molecular formula is C9H7Br2N. The summed E-state index contributed by atoms with van der Waals surface area (Å²) in [6.07, 6.45) is 0. The zero-order valence-corrected chi connectivity index (χ0v) is 9.42. The van der Waals surface area contributed by atoms with Gasteiger partial charge in [-0.1, -0.05) is 46.3 Å². The van der Waals surface area contributed by atoms with Gasteiger partial charge in [0.05, 0.1) is 0 Å². The van der Waals surface area contributed by atoms with Gasteiger partial charge >= 0.3 is 0 Å². The second-order valence-electron chi connectivity index (χ2n) is 2.31. The maximum Gasteiger partial charge on any atom is 0.292 e. The molecule has 1 nitrogen and oxygen atoms in total. The van der Waals surface area contributed by atoms with Crippen LogP contribution in [0, 0.1) is 6.57 Å². The molecule has 2 atom stereocenters. The van der Waals surface area contributed by atoms with Gasteiger partial charge in [-0.25, -0.2) is 6.57 Å². The lowest BCUT2D eigenvalue weighted by Crippen LogP contribution is -2.00. The monoisotopic (exact) mass is 287 g/mol. The van der Waals surface area contributed by atoms with Crippen LogP contribution in [0.3, 0.4) is 0 Å². The lowest BCUT2D eigenvalue weighted by Gasteiger charge is -2.06. The molecule has 0 aliphatic carbocycles. The Labute approximate surface area is 88.9 Å². The average Bonchev–Trinajstić information content (AvgIpc) is 2.17. The normalized spacial score (nSPS) is 14.8. The second-order valence-corrected chi connectivity index (χ2v) is 4.24. The van der Waals surface area contributed by atoms with Crippen molar-refractivity contribution >= 4 is 31.9 Å². The van der Waals surface area contributed by atoms with Gasteiger partial charge in [0, 0.05) is 15.9 Å². The van der Waals surface area contributed by atoms with E-state index in [4.69, 9.17) is 6.57 Å². The molecule has 0 bridgehead atoms. The number of benzene rings is 1. The standard InChI is InChI=1S/C9H7Br2N/c1-12-9(11)8(10)7-5-3-2-4-6-7/h2-6,8-9H. The van der Waals surface area contributed by atoms with E-state index in [9.17, 15) is 0 Å². The summed E-state index contributed by atoms with van der Waals surface area (Å²) in [5.74, 6) is 0. The maximum atomic E-state index is 6.84. The van der Waals surface area contributed by atoms with Gasteiger partial charge in [0.2, 0.25) is 0 Å². The Bertz CT molecular complexity index is 278. The largest absolute Gasteiger partial charge is 0.300 e. The van der Waals surface area contributed by atoms with Gasteiger partial charge < -0.3 is 0 Å². The van der Waals surface area contributed by atoms with Crippen molar-refractivity contribution in [2.45, 2.75) is 9.78 Å². The van der Waals surface area contributed by atoms with E-state index in [1.54, 1.807) is 0 Å². The maximum absolute atomic E-state index is 6.84. The summed E-state index contributed by atoms with van der Waals surface area (Å²) in [5, 5.41) is 0. The van der Waals surface area contributed by atoms with Gasteiger partial charge in [-0.15, -0.1) is 0 Å². The number of halogens is 2. The minimum absolute atomic E-state index is 0.0659. The molecule has 1 aromatic carbocycles. The van der Waals surface area contributed by atoms with Crippen LogP contribution in [0.15, 0.2) is 30.3 Å². The highest BCUT2D eigenvalue weighted by Gasteiger charge is 2.20. The molecule has 1 rings (SSSR count). The Morgan fingerprint density at radius 2 is 1.75 bits per heavy atom. The molecule has 0 saturated heterocycles. The van der Waals surface area contributed by atoms with Crippen molar-refractivity contribution in [1.29, 1.82) is 0 Å². The fourth-order valence-electron chi connectivity index (χ4n) is 0.861. The highest BCUT2D eigenvalue weighted by atomic mass is 79.9. The molecule has 0 spiro atoms. The molecule has 0 fully saturated rings. The Kier molecular flexibility index (Phi) is 3.77. The van der Waals surface area contributed by atoms with Gasteiger partial charge in [0.1, 0.15) is 4.83 Å². The van der Waals surface area contributed by atoms with Crippen molar-refractivity contribution in [3.05, 3.63) is 47.3 Å². The summed E-state index contributed by atoms with van der Waals surface area (Å²) in [5.41, 5.74) is 1.12.